The number of carbonyl (C=O) groups is 9. The van der Waals surface area contributed by atoms with Crippen molar-refractivity contribution in [2.45, 2.75) is 31.8 Å². The molecule has 1 aromatic rings. The van der Waals surface area contributed by atoms with Crippen LogP contribution in [-0.2, 0) is 44.9 Å². The molecule has 0 radical (unpaired) electrons. The summed E-state index contributed by atoms with van der Waals surface area (Å²) in [4.78, 5) is 116. The van der Waals surface area contributed by atoms with Crippen LogP contribution in [-0.4, -0.2) is 196 Å². The monoisotopic (exact) mass is 802 g/mol. The maximum absolute atomic E-state index is 13.1. The molecule has 0 spiro atoms. The number of amides is 5. The Morgan fingerprint density at radius 2 is 1.12 bits per heavy atom. The fraction of sp³-hybridized carbons (Fsp3) is 0.528. The van der Waals surface area contributed by atoms with Crippen molar-refractivity contribution in [3.63, 3.8) is 0 Å². The zero-order valence-electron chi connectivity index (χ0n) is 31.5. The summed E-state index contributed by atoms with van der Waals surface area (Å²) in [6.45, 7) is 0.623. The second-order valence-electron chi connectivity index (χ2n) is 13.6. The van der Waals surface area contributed by atoms with Crippen molar-refractivity contribution in [3.8, 4) is 0 Å². The molecule has 1 aromatic carbocycles. The smallest absolute Gasteiger partial charge is 0.326 e. The van der Waals surface area contributed by atoms with Gasteiger partial charge in [0, 0.05) is 83.2 Å². The number of aliphatic carboxylic acids is 4. The van der Waals surface area contributed by atoms with Gasteiger partial charge in [-0.1, -0.05) is 12.1 Å². The minimum Gasteiger partial charge on any atom is -0.480 e. The number of carboxylic acids is 4. The topological polar surface area (TPSA) is 287 Å². The molecule has 2 aliphatic rings. The Morgan fingerprint density at radius 3 is 1.60 bits per heavy atom. The van der Waals surface area contributed by atoms with E-state index in [1.807, 2.05) is 0 Å². The molecule has 0 aromatic heterocycles. The first-order valence-electron chi connectivity index (χ1n) is 18.3. The number of nitrogens with one attached hydrogen (secondary N) is 3. The molecule has 2 heterocycles. The van der Waals surface area contributed by atoms with E-state index in [0.717, 1.165) is 17.1 Å². The molecular formula is C36H50N8O13. The lowest BCUT2D eigenvalue weighted by Gasteiger charge is -2.32. The average molecular weight is 803 g/mol. The van der Waals surface area contributed by atoms with Crippen LogP contribution in [0.2, 0.25) is 0 Å². The van der Waals surface area contributed by atoms with Gasteiger partial charge in [-0.2, -0.15) is 0 Å². The van der Waals surface area contributed by atoms with Crippen LogP contribution < -0.4 is 16.0 Å². The number of carboxylic acid groups (broad SMARTS) is 4. The Morgan fingerprint density at radius 1 is 0.632 bits per heavy atom. The van der Waals surface area contributed by atoms with Crippen LogP contribution in [0.25, 0.3) is 0 Å². The maximum Gasteiger partial charge on any atom is 0.326 e. The first-order chi connectivity index (χ1) is 27.1. The number of carbonyl (C=O) groups excluding carboxylic acids is 5. The van der Waals surface area contributed by atoms with Gasteiger partial charge in [0.15, 0.2) is 0 Å². The lowest BCUT2D eigenvalue weighted by molar-refractivity contribution is -0.142. The third-order valence-corrected chi connectivity index (χ3v) is 9.12. The molecule has 1 fully saturated rings. The Bertz CT molecular complexity index is 1620. The SMILES string of the molecule is O=C(O)CN1CCN(CC(=O)O)CCN(CC(=O)NCc2cccc(C(=O)NCC(=O)NC(CCCCN3C(=O)C=CC3=O)C(=O)O)c2)CCN(CC(=O)O)CC1. The minimum atomic E-state index is -1.28. The number of rotatable bonds is 20. The summed E-state index contributed by atoms with van der Waals surface area (Å²) in [7, 11) is 0. The fourth-order valence-electron chi connectivity index (χ4n) is 6.10. The van der Waals surface area contributed by atoms with Crippen molar-refractivity contribution in [1.29, 1.82) is 0 Å². The zero-order valence-corrected chi connectivity index (χ0v) is 31.5. The van der Waals surface area contributed by atoms with Gasteiger partial charge in [-0.25, -0.2) is 4.79 Å². The molecule has 7 N–H and O–H groups in total. The number of unbranched alkanes of at least 4 members (excludes halogenated alkanes) is 1. The van der Waals surface area contributed by atoms with E-state index in [1.54, 1.807) is 31.7 Å². The number of benzene rings is 1. The van der Waals surface area contributed by atoms with Gasteiger partial charge in [0.05, 0.1) is 32.7 Å². The molecule has 21 nitrogen and oxygen atoms in total. The maximum atomic E-state index is 13.1. The number of hydrogen-bond acceptors (Lipinski definition) is 13. The van der Waals surface area contributed by atoms with Gasteiger partial charge in [-0.15, -0.1) is 0 Å². The van der Waals surface area contributed by atoms with E-state index < -0.39 is 60.1 Å². The van der Waals surface area contributed by atoms with Crippen LogP contribution in [0.15, 0.2) is 36.4 Å². The van der Waals surface area contributed by atoms with Gasteiger partial charge in [-0.05, 0) is 37.0 Å². The van der Waals surface area contributed by atoms with Crippen molar-refractivity contribution in [1.82, 2.24) is 40.4 Å². The van der Waals surface area contributed by atoms with Crippen molar-refractivity contribution in [2.75, 3.05) is 91.6 Å². The molecule has 1 unspecified atom stereocenters. The summed E-state index contributed by atoms with van der Waals surface area (Å²) in [5, 5.41) is 45.3. The summed E-state index contributed by atoms with van der Waals surface area (Å²) in [6.07, 6.45) is 2.98. The normalized spacial score (nSPS) is 16.9. The molecule has 5 amide bonds. The van der Waals surface area contributed by atoms with Crippen LogP contribution in [0, 0.1) is 0 Å². The molecule has 0 bridgehead atoms. The summed E-state index contributed by atoms with van der Waals surface area (Å²) in [5.74, 6) is -7.11. The highest BCUT2D eigenvalue weighted by Crippen LogP contribution is 2.09. The van der Waals surface area contributed by atoms with E-state index in [-0.39, 0.29) is 110 Å². The summed E-state index contributed by atoms with van der Waals surface area (Å²) in [5.41, 5.74) is 0.728. The van der Waals surface area contributed by atoms with Crippen molar-refractivity contribution in [2.24, 2.45) is 0 Å². The molecule has 1 atom stereocenters. The van der Waals surface area contributed by atoms with Crippen molar-refractivity contribution >= 4 is 53.4 Å². The van der Waals surface area contributed by atoms with E-state index in [4.69, 9.17) is 0 Å². The summed E-state index contributed by atoms with van der Waals surface area (Å²) < 4.78 is 0. The fourth-order valence-corrected chi connectivity index (χ4v) is 6.10. The van der Waals surface area contributed by atoms with Crippen molar-refractivity contribution < 1.29 is 63.6 Å². The van der Waals surface area contributed by atoms with E-state index in [1.165, 1.54) is 12.1 Å². The van der Waals surface area contributed by atoms with Gasteiger partial charge in [0.2, 0.25) is 11.8 Å². The van der Waals surface area contributed by atoms with Crippen LogP contribution in [0.4, 0.5) is 0 Å². The first-order valence-corrected chi connectivity index (χ1v) is 18.3. The molecule has 1 saturated heterocycles. The van der Waals surface area contributed by atoms with Gasteiger partial charge >= 0.3 is 23.9 Å². The largest absolute Gasteiger partial charge is 0.480 e. The molecule has 3 rings (SSSR count). The molecular weight excluding hydrogens is 752 g/mol. The molecule has 0 aliphatic carbocycles. The third kappa shape index (κ3) is 17.3. The Kier molecular flexibility index (Phi) is 18.7. The highest BCUT2D eigenvalue weighted by atomic mass is 16.4. The predicted molar refractivity (Wildman–Crippen MR) is 199 cm³/mol. The lowest BCUT2D eigenvalue weighted by Crippen LogP contribution is -2.49. The quantitative estimate of drug-likeness (QED) is 0.0517. The second-order valence-corrected chi connectivity index (χ2v) is 13.6. The minimum absolute atomic E-state index is 0.0286. The number of hydrogen-bond donors (Lipinski definition) is 7. The second kappa shape index (κ2) is 23.3. The van der Waals surface area contributed by atoms with Crippen LogP contribution in [0.5, 0.6) is 0 Å². The highest BCUT2D eigenvalue weighted by molar-refractivity contribution is 6.12. The zero-order chi connectivity index (χ0) is 41.9. The standard InChI is InChI=1S/C36H50N8O13/c45-28(39-27(36(56)57)6-1-2-9-44-30(47)7-8-31(44)48)20-38-35(55)26-5-3-4-25(18-26)19-37-29(46)21-40-10-12-41(22-32(49)50)14-16-43(24-34(53)54)17-15-42(13-11-40)23-33(51)52/h3-5,7-8,18,27H,1-2,6,9-17,19-24H2,(H,37,46)(H,38,55)(H,39,45)(H,49,50)(H,51,52)(H,53,54)(H,56,57). The first kappa shape index (κ1) is 45.6. The Balaban J connectivity index is 1.51. The molecule has 57 heavy (non-hydrogen) atoms. The van der Waals surface area contributed by atoms with Crippen molar-refractivity contribution in [3.05, 3.63) is 47.5 Å². The number of nitrogens with zero attached hydrogens (tertiary/aromatic N) is 5. The summed E-state index contributed by atoms with van der Waals surface area (Å²) >= 11 is 0. The summed E-state index contributed by atoms with van der Waals surface area (Å²) in [6, 6.07) is 5.00. The van der Waals surface area contributed by atoms with Gasteiger partial charge in [0.25, 0.3) is 17.7 Å². The van der Waals surface area contributed by atoms with E-state index >= 15 is 0 Å². The Labute approximate surface area is 328 Å². The van der Waals surface area contributed by atoms with Gasteiger partial charge < -0.3 is 36.4 Å². The van der Waals surface area contributed by atoms with E-state index in [9.17, 15) is 63.6 Å². The predicted octanol–water partition coefficient (Wildman–Crippen LogP) is -2.83. The molecule has 21 heteroatoms. The average Bonchev–Trinajstić information content (AvgIpc) is 3.47. The Hall–Kier alpha value is -5.77. The van der Waals surface area contributed by atoms with Crippen LogP contribution in [0.1, 0.15) is 35.2 Å². The number of imide groups is 1. The van der Waals surface area contributed by atoms with Gasteiger partial charge in [0.1, 0.15) is 6.04 Å². The molecule has 2 aliphatic heterocycles. The van der Waals surface area contributed by atoms with Crippen LogP contribution in [0.3, 0.4) is 0 Å². The van der Waals surface area contributed by atoms with Crippen LogP contribution >= 0.6 is 0 Å². The lowest BCUT2D eigenvalue weighted by atomic mass is 10.1. The highest BCUT2D eigenvalue weighted by Gasteiger charge is 2.25. The third-order valence-electron chi connectivity index (χ3n) is 9.12. The molecule has 312 valence electrons. The molecule has 0 saturated carbocycles. The van der Waals surface area contributed by atoms with E-state index in [0.29, 0.717) is 18.4 Å². The van der Waals surface area contributed by atoms with Gasteiger partial charge in [-0.3, -0.25) is 62.9 Å². The van der Waals surface area contributed by atoms with E-state index in [2.05, 4.69) is 16.0 Å².